The Balaban J connectivity index is 1.30. The van der Waals surface area contributed by atoms with E-state index in [1.807, 2.05) is 38.2 Å². The van der Waals surface area contributed by atoms with Crippen LogP contribution in [0.1, 0.15) is 34.2 Å². The van der Waals surface area contributed by atoms with E-state index in [1.165, 1.54) is 12.1 Å². The van der Waals surface area contributed by atoms with Crippen LogP contribution >= 0.6 is 23.2 Å². The summed E-state index contributed by atoms with van der Waals surface area (Å²) in [5, 5.41) is 7.13. The summed E-state index contributed by atoms with van der Waals surface area (Å²) in [5.41, 5.74) is 4.86. The minimum Gasteiger partial charge on any atom is -0.373 e. The standard InChI is InChI=1S/C27H28Cl2FN5O/c1-3-24-26(35-17-23(29)22(28)14-25(35)33-24)27(36)32-16-19-6-10-21(11-7-19)34(2)13-12-31-15-18-4-8-20(30)9-5-18/h4-11,14,17,31H,3,12-13,15-16H2,1-2H3,(H,32,36). The molecule has 1 amide bonds. The number of benzene rings is 2. The molecule has 0 radical (unpaired) electrons. The Morgan fingerprint density at radius 1 is 1.03 bits per heavy atom. The fraction of sp³-hybridized carbons (Fsp3) is 0.259. The first kappa shape index (κ1) is 25.9. The summed E-state index contributed by atoms with van der Waals surface area (Å²) in [6.07, 6.45) is 2.24. The zero-order valence-corrected chi connectivity index (χ0v) is 21.7. The Morgan fingerprint density at radius 2 is 1.69 bits per heavy atom. The van der Waals surface area contributed by atoms with Gasteiger partial charge in [0.25, 0.3) is 5.91 Å². The van der Waals surface area contributed by atoms with Gasteiger partial charge in [-0.05, 0) is 41.8 Å². The highest BCUT2D eigenvalue weighted by atomic mass is 35.5. The average Bonchev–Trinajstić information content (AvgIpc) is 3.24. The monoisotopic (exact) mass is 527 g/mol. The molecule has 0 aliphatic rings. The lowest BCUT2D eigenvalue weighted by atomic mass is 10.2. The first-order chi connectivity index (χ1) is 17.4. The molecule has 0 bridgehead atoms. The Hall–Kier alpha value is -3.13. The molecule has 2 aromatic heterocycles. The van der Waals surface area contributed by atoms with Gasteiger partial charge in [-0.25, -0.2) is 9.37 Å². The zero-order valence-electron chi connectivity index (χ0n) is 20.2. The normalized spacial score (nSPS) is 11.1. The number of imidazole rings is 1. The lowest BCUT2D eigenvalue weighted by Gasteiger charge is -2.20. The third-order valence-corrected chi connectivity index (χ3v) is 6.69. The van der Waals surface area contributed by atoms with E-state index in [0.717, 1.165) is 29.9 Å². The van der Waals surface area contributed by atoms with Gasteiger partial charge in [-0.1, -0.05) is 54.4 Å². The number of carbonyl (C=O) groups is 1. The average molecular weight is 528 g/mol. The molecule has 0 unspecified atom stereocenters. The van der Waals surface area contributed by atoms with Crippen molar-refractivity contribution in [1.29, 1.82) is 0 Å². The Labute approximate surface area is 220 Å². The summed E-state index contributed by atoms with van der Waals surface area (Å²) >= 11 is 12.3. The molecule has 4 rings (SSSR count). The predicted molar refractivity (Wildman–Crippen MR) is 144 cm³/mol. The van der Waals surface area contributed by atoms with Gasteiger partial charge in [0.1, 0.15) is 17.2 Å². The summed E-state index contributed by atoms with van der Waals surface area (Å²) in [6, 6.07) is 16.3. The molecule has 0 aliphatic heterocycles. The number of rotatable bonds is 10. The van der Waals surface area contributed by atoms with Crippen molar-refractivity contribution >= 4 is 40.4 Å². The second-order valence-electron chi connectivity index (χ2n) is 8.53. The lowest BCUT2D eigenvalue weighted by Crippen LogP contribution is -2.29. The van der Waals surface area contributed by atoms with E-state index in [-0.39, 0.29) is 11.7 Å². The molecule has 2 heterocycles. The number of amides is 1. The van der Waals surface area contributed by atoms with E-state index in [9.17, 15) is 9.18 Å². The summed E-state index contributed by atoms with van der Waals surface area (Å²) in [6.45, 7) is 4.64. The third-order valence-electron chi connectivity index (χ3n) is 5.98. The van der Waals surface area contributed by atoms with Crippen molar-refractivity contribution in [2.45, 2.75) is 26.4 Å². The van der Waals surface area contributed by atoms with Crippen LogP contribution in [0.5, 0.6) is 0 Å². The number of hydrogen-bond donors (Lipinski definition) is 2. The fourth-order valence-electron chi connectivity index (χ4n) is 3.92. The maximum atomic E-state index is 13.0. The number of anilines is 1. The molecule has 2 N–H and O–H groups in total. The highest BCUT2D eigenvalue weighted by molar-refractivity contribution is 6.42. The van der Waals surface area contributed by atoms with E-state index in [1.54, 1.807) is 28.8 Å². The largest absolute Gasteiger partial charge is 0.373 e. The van der Waals surface area contributed by atoms with Gasteiger partial charge >= 0.3 is 0 Å². The van der Waals surface area contributed by atoms with Gasteiger partial charge in [0.2, 0.25) is 0 Å². The van der Waals surface area contributed by atoms with Gasteiger partial charge in [-0.2, -0.15) is 0 Å². The van der Waals surface area contributed by atoms with Crippen LogP contribution in [-0.4, -0.2) is 35.4 Å². The molecule has 0 atom stereocenters. The molecule has 0 aliphatic carbocycles. The third kappa shape index (κ3) is 6.16. The molecular formula is C27H28Cl2FN5O. The van der Waals surface area contributed by atoms with Crippen LogP contribution < -0.4 is 15.5 Å². The van der Waals surface area contributed by atoms with Gasteiger partial charge in [0.15, 0.2) is 0 Å². The second kappa shape index (κ2) is 11.7. The van der Waals surface area contributed by atoms with Crippen molar-refractivity contribution in [3.63, 3.8) is 0 Å². The van der Waals surface area contributed by atoms with Crippen molar-refractivity contribution in [3.05, 3.63) is 99.2 Å². The highest BCUT2D eigenvalue weighted by Gasteiger charge is 2.19. The van der Waals surface area contributed by atoms with E-state index in [2.05, 4.69) is 20.5 Å². The lowest BCUT2D eigenvalue weighted by molar-refractivity contribution is 0.0944. The summed E-state index contributed by atoms with van der Waals surface area (Å²) in [7, 11) is 2.03. The Morgan fingerprint density at radius 3 is 2.39 bits per heavy atom. The van der Waals surface area contributed by atoms with E-state index >= 15 is 0 Å². The van der Waals surface area contributed by atoms with Crippen LogP contribution in [0.3, 0.4) is 0 Å². The number of hydrogen-bond acceptors (Lipinski definition) is 4. The molecule has 4 aromatic rings. The number of nitrogens with one attached hydrogen (secondary N) is 2. The molecule has 6 nitrogen and oxygen atoms in total. The quantitative estimate of drug-likeness (QED) is 0.267. The minimum atomic E-state index is -0.224. The topological polar surface area (TPSA) is 61.7 Å². The number of halogens is 3. The molecule has 36 heavy (non-hydrogen) atoms. The molecule has 9 heteroatoms. The number of fused-ring (bicyclic) bond motifs is 1. The minimum absolute atomic E-state index is 0.217. The molecule has 2 aromatic carbocycles. The number of nitrogens with zero attached hydrogens (tertiary/aromatic N) is 3. The molecule has 0 saturated carbocycles. The van der Waals surface area contributed by atoms with Crippen molar-refractivity contribution in [2.24, 2.45) is 0 Å². The summed E-state index contributed by atoms with van der Waals surface area (Å²) < 4.78 is 14.7. The molecule has 188 valence electrons. The maximum Gasteiger partial charge on any atom is 0.270 e. The number of aryl methyl sites for hydroxylation is 1. The van der Waals surface area contributed by atoms with Crippen LogP contribution in [0, 0.1) is 5.82 Å². The van der Waals surface area contributed by atoms with Gasteiger partial charge in [-0.15, -0.1) is 0 Å². The van der Waals surface area contributed by atoms with Crippen LogP contribution in [0.2, 0.25) is 10.0 Å². The summed E-state index contributed by atoms with van der Waals surface area (Å²) in [4.78, 5) is 19.7. The maximum absolute atomic E-state index is 13.0. The van der Waals surface area contributed by atoms with Gasteiger partial charge < -0.3 is 15.5 Å². The first-order valence-electron chi connectivity index (χ1n) is 11.7. The number of aromatic nitrogens is 2. The van der Waals surface area contributed by atoms with Crippen molar-refractivity contribution in [1.82, 2.24) is 20.0 Å². The van der Waals surface area contributed by atoms with E-state index < -0.39 is 0 Å². The van der Waals surface area contributed by atoms with Gasteiger partial charge in [0, 0.05) is 51.2 Å². The number of pyridine rings is 1. The van der Waals surface area contributed by atoms with Crippen LogP contribution in [-0.2, 0) is 19.5 Å². The van der Waals surface area contributed by atoms with Crippen LogP contribution in [0.4, 0.5) is 10.1 Å². The SMILES string of the molecule is CCc1nc2cc(Cl)c(Cl)cn2c1C(=O)NCc1ccc(N(C)CCNCc2ccc(F)cc2)cc1. The van der Waals surface area contributed by atoms with E-state index in [0.29, 0.717) is 46.6 Å². The van der Waals surface area contributed by atoms with Crippen LogP contribution in [0.15, 0.2) is 60.8 Å². The number of likely N-dealkylation sites (N-methyl/N-ethyl adjacent to an activating group) is 1. The van der Waals surface area contributed by atoms with Gasteiger partial charge in [0.05, 0.1) is 15.7 Å². The van der Waals surface area contributed by atoms with Crippen molar-refractivity contribution in [2.75, 3.05) is 25.0 Å². The zero-order chi connectivity index (χ0) is 25.7. The highest BCUT2D eigenvalue weighted by Crippen LogP contribution is 2.25. The summed E-state index contributed by atoms with van der Waals surface area (Å²) in [5.74, 6) is -0.441. The molecule has 0 fully saturated rings. The Bertz CT molecular complexity index is 1340. The van der Waals surface area contributed by atoms with Crippen molar-refractivity contribution in [3.8, 4) is 0 Å². The molecular weight excluding hydrogens is 500 g/mol. The Kier molecular flexibility index (Phi) is 8.46. The smallest absolute Gasteiger partial charge is 0.270 e. The predicted octanol–water partition coefficient (Wildman–Crippen LogP) is 5.50. The second-order valence-corrected chi connectivity index (χ2v) is 9.35. The van der Waals surface area contributed by atoms with Crippen molar-refractivity contribution < 1.29 is 9.18 Å². The molecule has 0 spiro atoms. The van der Waals surface area contributed by atoms with E-state index in [4.69, 9.17) is 23.2 Å². The molecule has 0 saturated heterocycles. The van der Waals surface area contributed by atoms with Crippen LogP contribution in [0.25, 0.3) is 5.65 Å². The number of carbonyl (C=O) groups excluding carboxylic acids is 1. The van der Waals surface area contributed by atoms with Gasteiger partial charge in [-0.3, -0.25) is 9.20 Å². The fourth-order valence-corrected chi connectivity index (χ4v) is 4.22. The first-order valence-corrected chi connectivity index (χ1v) is 12.5.